The summed E-state index contributed by atoms with van der Waals surface area (Å²) in [6.07, 6.45) is 0. The first kappa shape index (κ1) is 13.8. The van der Waals surface area contributed by atoms with E-state index in [0.717, 1.165) is 29.9 Å². The van der Waals surface area contributed by atoms with E-state index in [0.29, 0.717) is 12.5 Å². The second-order valence-corrected chi connectivity index (χ2v) is 4.72. The van der Waals surface area contributed by atoms with Gasteiger partial charge in [0, 0.05) is 23.4 Å². The molecule has 16 heavy (non-hydrogen) atoms. The largest absolute Gasteiger partial charge is 0.492 e. The van der Waals surface area contributed by atoms with Crippen molar-refractivity contribution in [2.24, 2.45) is 0 Å². The lowest BCUT2D eigenvalue weighted by Crippen LogP contribution is -2.30. The monoisotopic (exact) mass is 305 g/mol. The van der Waals surface area contributed by atoms with Gasteiger partial charge in [-0.25, -0.2) is 0 Å². The molecule has 0 N–H and O–H groups in total. The summed E-state index contributed by atoms with van der Waals surface area (Å²) in [6.45, 7) is 5.68. The summed E-state index contributed by atoms with van der Waals surface area (Å²) in [5.74, 6) is 1.58. The number of likely N-dealkylation sites (N-methyl/N-ethyl adjacent to an activating group) is 1. The van der Waals surface area contributed by atoms with Crippen LogP contribution in [0.3, 0.4) is 0 Å². The van der Waals surface area contributed by atoms with Gasteiger partial charge in [-0.3, -0.25) is 4.90 Å². The molecule has 0 heterocycles. The lowest BCUT2D eigenvalue weighted by Gasteiger charge is -2.18. The van der Waals surface area contributed by atoms with Crippen LogP contribution in [-0.4, -0.2) is 37.0 Å². The first-order chi connectivity index (χ1) is 7.76. The van der Waals surface area contributed by atoms with Gasteiger partial charge in [-0.1, -0.05) is 22.9 Å². The molecular formula is C12H17BrClNO. The summed E-state index contributed by atoms with van der Waals surface area (Å²) in [4.78, 5) is 2.27. The molecule has 0 saturated heterocycles. The van der Waals surface area contributed by atoms with Crippen LogP contribution in [-0.2, 0) is 0 Å². The Labute approximate surface area is 111 Å². The molecule has 0 radical (unpaired) electrons. The summed E-state index contributed by atoms with van der Waals surface area (Å²) in [5, 5.41) is 0. The quantitative estimate of drug-likeness (QED) is 0.716. The van der Waals surface area contributed by atoms with E-state index in [1.165, 1.54) is 0 Å². The minimum Gasteiger partial charge on any atom is -0.492 e. The van der Waals surface area contributed by atoms with Gasteiger partial charge >= 0.3 is 0 Å². The summed E-state index contributed by atoms with van der Waals surface area (Å²) in [5.41, 5.74) is 0. The molecule has 4 heteroatoms. The second-order valence-electron chi connectivity index (χ2n) is 3.43. The number of nitrogens with zero attached hydrogens (tertiary/aromatic N) is 1. The van der Waals surface area contributed by atoms with Crippen molar-refractivity contribution in [1.29, 1.82) is 0 Å². The Kier molecular flexibility index (Phi) is 6.85. The zero-order chi connectivity index (χ0) is 11.8. The number of benzene rings is 1. The van der Waals surface area contributed by atoms with Crippen LogP contribution in [0.5, 0.6) is 5.75 Å². The third kappa shape index (κ3) is 5.19. The average molecular weight is 307 g/mol. The van der Waals surface area contributed by atoms with E-state index in [4.69, 9.17) is 16.3 Å². The Bertz CT molecular complexity index is 292. The van der Waals surface area contributed by atoms with Crippen molar-refractivity contribution >= 4 is 27.5 Å². The maximum atomic E-state index is 5.70. The van der Waals surface area contributed by atoms with Crippen LogP contribution in [0.1, 0.15) is 6.92 Å². The number of hydrogen-bond acceptors (Lipinski definition) is 2. The number of ether oxygens (including phenoxy) is 1. The van der Waals surface area contributed by atoms with Gasteiger partial charge in [0.2, 0.25) is 0 Å². The molecule has 0 aliphatic rings. The van der Waals surface area contributed by atoms with E-state index in [-0.39, 0.29) is 0 Å². The van der Waals surface area contributed by atoms with Gasteiger partial charge in [-0.05, 0) is 30.8 Å². The molecule has 0 bridgehead atoms. The Morgan fingerprint density at radius 1 is 1.25 bits per heavy atom. The van der Waals surface area contributed by atoms with Crippen LogP contribution >= 0.6 is 27.5 Å². The summed E-state index contributed by atoms with van der Waals surface area (Å²) >= 11 is 9.09. The van der Waals surface area contributed by atoms with Crippen LogP contribution in [0.25, 0.3) is 0 Å². The van der Waals surface area contributed by atoms with E-state index in [2.05, 4.69) is 27.8 Å². The molecule has 1 rings (SSSR count). The van der Waals surface area contributed by atoms with Gasteiger partial charge in [-0.15, -0.1) is 11.6 Å². The van der Waals surface area contributed by atoms with Crippen molar-refractivity contribution in [3.8, 4) is 5.75 Å². The van der Waals surface area contributed by atoms with Gasteiger partial charge in [0.15, 0.2) is 0 Å². The molecule has 0 aliphatic heterocycles. The zero-order valence-electron chi connectivity index (χ0n) is 9.46. The minimum absolute atomic E-state index is 0.673. The molecule has 1 aromatic rings. The number of alkyl halides is 1. The fraction of sp³-hybridized carbons (Fsp3) is 0.500. The molecule has 0 amide bonds. The van der Waals surface area contributed by atoms with Gasteiger partial charge in [0.05, 0.1) is 0 Å². The molecule has 0 fully saturated rings. The van der Waals surface area contributed by atoms with Crippen molar-refractivity contribution in [2.45, 2.75) is 6.92 Å². The SMILES string of the molecule is CCN(CCCl)CCOc1ccc(Br)cc1. The van der Waals surface area contributed by atoms with Gasteiger partial charge in [-0.2, -0.15) is 0 Å². The molecular weight excluding hydrogens is 289 g/mol. The predicted molar refractivity (Wildman–Crippen MR) is 72.5 cm³/mol. The predicted octanol–water partition coefficient (Wildman–Crippen LogP) is 3.39. The summed E-state index contributed by atoms with van der Waals surface area (Å²) in [6, 6.07) is 7.88. The van der Waals surface area contributed by atoms with Gasteiger partial charge in [0.25, 0.3) is 0 Å². The van der Waals surface area contributed by atoms with Crippen molar-refractivity contribution in [2.75, 3.05) is 32.1 Å². The summed E-state index contributed by atoms with van der Waals surface area (Å²) < 4.78 is 6.70. The molecule has 0 spiro atoms. The molecule has 0 aromatic heterocycles. The van der Waals surface area contributed by atoms with E-state index in [1.54, 1.807) is 0 Å². The van der Waals surface area contributed by atoms with Crippen LogP contribution in [0, 0.1) is 0 Å². The molecule has 0 aliphatic carbocycles. The molecule has 90 valence electrons. The zero-order valence-corrected chi connectivity index (χ0v) is 11.8. The van der Waals surface area contributed by atoms with Crippen LogP contribution in [0.2, 0.25) is 0 Å². The highest BCUT2D eigenvalue weighted by Gasteiger charge is 2.01. The lowest BCUT2D eigenvalue weighted by molar-refractivity contribution is 0.223. The normalized spacial score (nSPS) is 10.8. The first-order valence-electron chi connectivity index (χ1n) is 5.43. The maximum Gasteiger partial charge on any atom is 0.119 e. The van der Waals surface area contributed by atoms with Crippen LogP contribution in [0.15, 0.2) is 28.7 Å². The first-order valence-corrected chi connectivity index (χ1v) is 6.75. The Morgan fingerprint density at radius 3 is 2.50 bits per heavy atom. The van der Waals surface area contributed by atoms with Crippen molar-refractivity contribution in [3.63, 3.8) is 0 Å². The van der Waals surface area contributed by atoms with Crippen molar-refractivity contribution in [3.05, 3.63) is 28.7 Å². The molecule has 0 unspecified atom stereocenters. The van der Waals surface area contributed by atoms with E-state index < -0.39 is 0 Å². The van der Waals surface area contributed by atoms with Crippen LogP contribution < -0.4 is 4.74 Å². The van der Waals surface area contributed by atoms with Crippen LogP contribution in [0.4, 0.5) is 0 Å². The topological polar surface area (TPSA) is 12.5 Å². The molecule has 1 aromatic carbocycles. The van der Waals surface area contributed by atoms with Gasteiger partial charge < -0.3 is 4.74 Å². The Morgan fingerprint density at radius 2 is 1.94 bits per heavy atom. The fourth-order valence-electron chi connectivity index (χ4n) is 1.37. The summed E-state index contributed by atoms with van der Waals surface area (Å²) in [7, 11) is 0. The molecule has 0 saturated carbocycles. The minimum atomic E-state index is 0.673. The highest BCUT2D eigenvalue weighted by Crippen LogP contribution is 2.15. The Hall–Kier alpha value is -0.250. The third-order valence-electron chi connectivity index (χ3n) is 2.34. The Balaban J connectivity index is 2.26. The highest BCUT2D eigenvalue weighted by molar-refractivity contribution is 9.10. The highest BCUT2D eigenvalue weighted by atomic mass is 79.9. The van der Waals surface area contributed by atoms with Gasteiger partial charge in [0.1, 0.15) is 12.4 Å². The standard InChI is InChI=1S/C12H17BrClNO/c1-2-15(8-7-14)9-10-16-12-5-3-11(13)4-6-12/h3-6H,2,7-10H2,1H3. The van der Waals surface area contributed by atoms with Crippen molar-refractivity contribution in [1.82, 2.24) is 4.90 Å². The van der Waals surface area contributed by atoms with E-state index in [9.17, 15) is 0 Å². The maximum absolute atomic E-state index is 5.70. The molecule has 0 atom stereocenters. The van der Waals surface area contributed by atoms with E-state index >= 15 is 0 Å². The second kappa shape index (κ2) is 7.93. The number of halogens is 2. The van der Waals surface area contributed by atoms with E-state index in [1.807, 2.05) is 24.3 Å². The molecule has 2 nitrogen and oxygen atoms in total. The van der Waals surface area contributed by atoms with Crippen molar-refractivity contribution < 1.29 is 4.74 Å². The number of rotatable bonds is 7. The smallest absolute Gasteiger partial charge is 0.119 e. The average Bonchev–Trinajstić information content (AvgIpc) is 2.30. The third-order valence-corrected chi connectivity index (χ3v) is 3.04. The fourth-order valence-corrected chi connectivity index (χ4v) is 1.87. The lowest BCUT2D eigenvalue weighted by atomic mass is 10.3. The number of hydrogen-bond donors (Lipinski definition) is 0.